The lowest BCUT2D eigenvalue weighted by Crippen LogP contribution is -2.27. The van der Waals surface area contributed by atoms with Crippen LogP contribution >= 0.6 is 11.6 Å². The number of allylic oxidation sites excluding steroid dienone is 1. The molecule has 0 radical (unpaired) electrons. The first-order chi connectivity index (χ1) is 30.2. The Labute approximate surface area is 361 Å². The van der Waals surface area contributed by atoms with E-state index in [-0.39, 0.29) is 17.7 Å². The number of halogens is 3. The Morgan fingerprint density at radius 3 is 2.48 bits per heavy atom. The third kappa shape index (κ3) is 8.27. The van der Waals surface area contributed by atoms with Crippen LogP contribution in [0.2, 0.25) is 5.02 Å². The summed E-state index contributed by atoms with van der Waals surface area (Å²) >= 11 is 6.12. The summed E-state index contributed by atoms with van der Waals surface area (Å²) in [6.07, 6.45) is 6.89. The minimum atomic E-state index is -0.442. The van der Waals surface area contributed by atoms with Gasteiger partial charge in [-0.25, -0.2) is 18.9 Å². The molecule has 3 aromatic heterocycles. The maximum Gasteiger partial charge on any atom is 0.272 e. The zero-order valence-electron chi connectivity index (χ0n) is 34.3. The molecule has 13 heteroatoms. The number of nitrogens with one attached hydrogen (secondary N) is 2. The molecule has 62 heavy (non-hydrogen) atoms. The highest BCUT2D eigenvalue weighted by molar-refractivity contribution is 6.30. The highest BCUT2D eigenvalue weighted by Crippen LogP contribution is 2.46. The third-order valence-electron chi connectivity index (χ3n) is 11.8. The van der Waals surface area contributed by atoms with Gasteiger partial charge in [-0.2, -0.15) is 15.3 Å². The van der Waals surface area contributed by atoms with Gasteiger partial charge in [0.15, 0.2) is 0 Å². The van der Waals surface area contributed by atoms with Gasteiger partial charge in [-0.1, -0.05) is 67.1 Å². The number of aromatic amines is 2. The lowest BCUT2D eigenvalue weighted by atomic mass is 9.73. The largest absolute Gasteiger partial charge is 0.494 e. The van der Waals surface area contributed by atoms with E-state index >= 15 is 4.39 Å². The molecule has 3 heterocycles. The summed E-state index contributed by atoms with van der Waals surface area (Å²) in [4.78, 5) is 17.2. The number of fused-ring (bicyclic) bond motifs is 1. The van der Waals surface area contributed by atoms with Crippen molar-refractivity contribution >= 4 is 44.4 Å². The summed E-state index contributed by atoms with van der Waals surface area (Å²) in [6.45, 7) is 3.73. The van der Waals surface area contributed by atoms with Crippen LogP contribution in [0.5, 0.6) is 5.75 Å². The molecule has 0 unspecified atom stereocenters. The Kier molecular flexibility index (Phi) is 11.8. The maximum atomic E-state index is 15.3. The molecule has 0 bridgehead atoms. The molecule has 0 saturated heterocycles. The van der Waals surface area contributed by atoms with Crippen LogP contribution in [-0.2, 0) is 24.6 Å². The molecule has 9 rings (SSSR count). The van der Waals surface area contributed by atoms with E-state index in [4.69, 9.17) is 21.1 Å². The van der Waals surface area contributed by atoms with Crippen molar-refractivity contribution in [3.8, 4) is 5.75 Å². The molecule has 0 amide bonds. The number of rotatable bonds is 15. The van der Waals surface area contributed by atoms with Gasteiger partial charge in [0.05, 0.1) is 35.3 Å². The Balaban J connectivity index is 0.789. The van der Waals surface area contributed by atoms with Gasteiger partial charge in [0.2, 0.25) is 0 Å². The summed E-state index contributed by atoms with van der Waals surface area (Å²) in [5.74, 6) is 0.294. The quantitative estimate of drug-likeness (QED) is 0.0778. The summed E-state index contributed by atoms with van der Waals surface area (Å²) in [6, 6.07) is 30.2. The van der Waals surface area contributed by atoms with Crippen LogP contribution in [-0.4, -0.2) is 55.0 Å². The molecule has 0 aliphatic heterocycles. The smallest absolute Gasteiger partial charge is 0.272 e. The van der Waals surface area contributed by atoms with Gasteiger partial charge < -0.3 is 9.47 Å². The SMILES string of the molecule is CC/C(=C(/c1ccc(OCCCOCCCc2ccc([C@H]3Cc4cc(F)cc5c(=O)[nH]nc(c45)[C@@H]3c3ncnn3C)cc2)cc1)c1ccc2[nH]ncc2c1)c1ccc(Cl)cc1F. The first-order valence-corrected chi connectivity index (χ1v) is 21.2. The summed E-state index contributed by atoms with van der Waals surface area (Å²) in [7, 11) is 1.84. The fourth-order valence-corrected chi connectivity index (χ4v) is 8.99. The van der Waals surface area contributed by atoms with Crippen LogP contribution in [0.1, 0.15) is 82.9 Å². The Hall–Kier alpha value is -6.50. The standard InChI is InChI=1S/C49H44ClF2N7O3/c1-3-38(39-17-14-35(50)25-42(39)52)44(32-13-18-43-34(22-32)27-54-56-43)31-11-15-37(16-12-31)62-21-5-20-61-19-4-6-29-7-9-30(10-8-29)40-24-33-23-36(51)26-41-45(33)47(57-58-49(41)60)46(40)48-53-28-55-59(48)2/h7-18,22-23,25-28,40,46H,3-6,19-21,24H2,1-2H3,(H,54,56)(H,58,60)/b44-38+/t40-,46-/m1/s1. The van der Waals surface area contributed by atoms with Crippen LogP contribution in [0.15, 0.2) is 114 Å². The molecule has 8 aromatic rings. The van der Waals surface area contributed by atoms with Crippen LogP contribution in [0.3, 0.4) is 0 Å². The van der Waals surface area contributed by atoms with Crippen LogP contribution < -0.4 is 10.3 Å². The molecular weight excluding hydrogens is 808 g/mol. The highest BCUT2D eigenvalue weighted by Gasteiger charge is 2.38. The Morgan fingerprint density at radius 1 is 0.903 bits per heavy atom. The average Bonchev–Trinajstić information content (AvgIpc) is 3.93. The second-order valence-electron chi connectivity index (χ2n) is 15.6. The van der Waals surface area contributed by atoms with Gasteiger partial charge in [-0.15, -0.1) is 0 Å². The molecule has 5 aromatic carbocycles. The van der Waals surface area contributed by atoms with Gasteiger partial charge in [0.25, 0.3) is 5.56 Å². The second-order valence-corrected chi connectivity index (χ2v) is 16.1. The van der Waals surface area contributed by atoms with Gasteiger partial charge >= 0.3 is 0 Å². The third-order valence-corrected chi connectivity index (χ3v) is 12.0. The summed E-state index contributed by atoms with van der Waals surface area (Å²) < 4.78 is 43.8. The van der Waals surface area contributed by atoms with Crippen molar-refractivity contribution in [3.63, 3.8) is 0 Å². The van der Waals surface area contributed by atoms with E-state index in [1.807, 2.05) is 50.4 Å². The molecule has 0 fully saturated rings. The van der Waals surface area contributed by atoms with Gasteiger partial charge in [0.1, 0.15) is 29.5 Å². The Morgan fingerprint density at radius 2 is 1.71 bits per heavy atom. The maximum absolute atomic E-state index is 15.3. The number of aromatic nitrogens is 7. The molecule has 0 saturated carbocycles. The first kappa shape index (κ1) is 40.9. The number of benzene rings is 5. The van der Waals surface area contributed by atoms with E-state index in [1.165, 1.54) is 30.1 Å². The zero-order chi connectivity index (χ0) is 42.7. The predicted octanol–water partition coefficient (Wildman–Crippen LogP) is 10.1. The predicted molar refractivity (Wildman–Crippen MR) is 237 cm³/mol. The Bertz CT molecular complexity index is 2980. The second kappa shape index (κ2) is 17.8. The normalized spacial score (nSPS) is 15.3. The first-order valence-electron chi connectivity index (χ1n) is 20.8. The number of hydrogen-bond acceptors (Lipinski definition) is 7. The van der Waals surface area contributed by atoms with Crippen molar-refractivity contribution in [1.29, 1.82) is 0 Å². The minimum absolute atomic E-state index is 0.0933. The summed E-state index contributed by atoms with van der Waals surface area (Å²) in [5, 5.41) is 20.9. The molecule has 314 valence electrons. The summed E-state index contributed by atoms with van der Waals surface area (Å²) in [5.41, 5.74) is 8.45. The number of aryl methyl sites for hydroxylation is 2. The zero-order valence-corrected chi connectivity index (χ0v) is 35.1. The lowest BCUT2D eigenvalue weighted by Gasteiger charge is -2.32. The molecular formula is C49H44ClF2N7O3. The van der Waals surface area contributed by atoms with Crippen molar-refractivity contribution in [2.75, 3.05) is 19.8 Å². The topological polar surface area (TPSA) is 124 Å². The number of nitrogens with zero attached hydrogens (tertiary/aromatic N) is 5. The van der Waals surface area contributed by atoms with Gasteiger partial charge in [-0.3, -0.25) is 14.6 Å². The minimum Gasteiger partial charge on any atom is -0.494 e. The van der Waals surface area contributed by atoms with Crippen LogP contribution in [0.25, 0.3) is 32.8 Å². The lowest BCUT2D eigenvalue weighted by molar-refractivity contribution is 0.117. The fraction of sp³-hybridized carbons (Fsp3) is 0.245. The van der Waals surface area contributed by atoms with E-state index in [0.29, 0.717) is 59.7 Å². The van der Waals surface area contributed by atoms with E-state index in [1.54, 1.807) is 23.0 Å². The highest BCUT2D eigenvalue weighted by atomic mass is 35.5. The molecule has 2 atom stereocenters. The van der Waals surface area contributed by atoms with E-state index in [0.717, 1.165) is 75.1 Å². The molecule has 1 aliphatic rings. The number of H-pyrrole nitrogens is 2. The van der Waals surface area contributed by atoms with Crippen LogP contribution in [0, 0.1) is 11.6 Å². The fourth-order valence-electron chi connectivity index (χ4n) is 8.83. The monoisotopic (exact) mass is 851 g/mol. The van der Waals surface area contributed by atoms with E-state index < -0.39 is 11.4 Å². The molecule has 10 nitrogen and oxygen atoms in total. The average molecular weight is 852 g/mol. The van der Waals surface area contributed by atoms with Gasteiger partial charge in [0, 0.05) is 54.0 Å². The van der Waals surface area contributed by atoms with Crippen molar-refractivity contribution in [3.05, 3.63) is 181 Å². The van der Waals surface area contributed by atoms with Crippen molar-refractivity contribution < 1.29 is 18.3 Å². The van der Waals surface area contributed by atoms with Crippen molar-refractivity contribution in [2.45, 2.75) is 50.9 Å². The van der Waals surface area contributed by atoms with Gasteiger partial charge in [-0.05, 0) is 113 Å². The van der Waals surface area contributed by atoms with E-state index in [9.17, 15) is 9.18 Å². The van der Waals surface area contributed by atoms with Crippen molar-refractivity contribution in [2.24, 2.45) is 7.05 Å². The number of hydrogen-bond donors (Lipinski definition) is 2. The molecule has 1 aliphatic carbocycles. The van der Waals surface area contributed by atoms with E-state index in [2.05, 4.69) is 60.8 Å². The van der Waals surface area contributed by atoms with Crippen molar-refractivity contribution in [1.82, 2.24) is 35.2 Å². The number of ether oxygens (including phenoxy) is 2. The molecule has 2 N–H and O–H groups in total. The van der Waals surface area contributed by atoms with Crippen LogP contribution in [0.4, 0.5) is 8.78 Å². The molecule has 0 spiro atoms.